The highest BCUT2D eigenvalue weighted by Crippen LogP contribution is 2.33. The number of hydrogen-bond donors (Lipinski definition) is 3. The number of ether oxygens (including phenoxy) is 1. The molecule has 0 bridgehead atoms. The van der Waals surface area contributed by atoms with Crippen LogP contribution in [0.25, 0.3) is 0 Å². The second-order valence-corrected chi connectivity index (χ2v) is 12.5. The molecule has 5 N–H and O–H groups in total. The highest BCUT2D eigenvalue weighted by atomic mass is 16.5. The lowest BCUT2D eigenvalue weighted by Crippen LogP contribution is -2.43. The van der Waals surface area contributed by atoms with Gasteiger partial charge < -0.3 is 21.3 Å². The first kappa shape index (κ1) is 34.7. The van der Waals surface area contributed by atoms with Gasteiger partial charge in [-0.25, -0.2) is 0 Å². The molecule has 0 saturated carbocycles. The molecule has 1 aliphatic heterocycles. The summed E-state index contributed by atoms with van der Waals surface area (Å²) < 4.78 is 5.98. The van der Waals surface area contributed by atoms with E-state index in [2.05, 4.69) is 0 Å². The van der Waals surface area contributed by atoms with E-state index in [1.54, 1.807) is 19.1 Å². The zero-order valence-electron chi connectivity index (χ0n) is 26.8. The fourth-order valence-electron chi connectivity index (χ4n) is 6.29. The lowest BCUT2D eigenvalue weighted by atomic mass is 9.77. The number of rotatable bonds is 16. The van der Waals surface area contributed by atoms with Gasteiger partial charge in [-0.15, -0.1) is 0 Å². The van der Waals surface area contributed by atoms with E-state index < -0.39 is 35.8 Å². The van der Waals surface area contributed by atoms with Crippen LogP contribution in [0.5, 0.6) is 5.75 Å². The van der Waals surface area contributed by atoms with Crippen molar-refractivity contribution >= 4 is 23.4 Å². The number of likely N-dealkylation sites (tertiary alicyclic amines) is 1. The molecule has 6 atom stereocenters. The molecule has 3 unspecified atom stereocenters. The number of Topliss-reactive ketones (excluding diaryl/α,β-unsaturated/α-hetero) is 2. The van der Waals surface area contributed by atoms with E-state index in [0.29, 0.717) is 16.9 Å². The van der Waals surface area contributed by atoms with Crippen molar-refractivity contribution in [1.82, 2.24) is 4.90 Å². The summed E-state index contributed by atoms with van der Waals surface area (Å²) in [5.41, 5.74) is 16.5. The van der Waals surface area contributed by atoms with Gasteiger partial charge in [0, 0.05) is 43.8 Å². The van der Waals surface area contributed by atoms with Crippen molar-refractivity contribution in [2.75, 3.05) is 13.2 Å². The molecule has 1 fully saturated rings. The Morgan fingerprint density at radius 1 is 0.804 bits per heavy atom. The molecule has 0 aromatic heterocycles. The summed E-state index contributed by atoms with van der Waals surface area (Å²) >= 11 is 0. The minimum Gasteiger partial charge on any atom is -0.485 e. The number of aliphatic hydroxyl groups is 1. The number of nitrogens with zero attached hydrogens (tertiary/aromatic N) is 1. The topological polar surface area (TPSA) is 153 Å². The zero-order valence-corrected chi connectivity index (χ0v) is 26.8. The van der Waals surface area contributed by atoms with Crippen LogP contribution in [0.15, 0.2) is 78.9 Å². The zero-order chi connectivity index (χ0) is 33.4. The Morgan fingerprint density at radius 3 is 1.87 bits per heavy atom. The number of amides is 2. The number of nitrogens with two attached hydrogens (primary N) is 2. The van der Waals surface area contributed by atoms with Crippen molar-refractivity contribution in [2.24, 2.45) is 29.2 Å². The first-order chi connectivity index (χ1) is 22.0. The number of aliphatic hydroxyl groups excluding tert-OH is 1. The molecule has 3 aromatic rings. The third kappa shape index (κ3) is 8.54. The molecule has 1 saturated heterocycles. The fraction of sp³-hybridized carbons (Fsp3) is 0.405. The molecule has 9 nitrogen and oxygen atoms in total. The summed E-state index contributed by atoms with van der Waals surface area (Å²) in [5, 5.41) is 11.8. The number of ketones is 2. The van der Waals surface area contributed by atoms with E-state index in [1.165, 1.54) is 4.90 Å². The highest BCUT2D eigenvalue weighted by Gasteiger charge is 2.39. The molecule has 0 radical (unpaired) electrons. The summed E-state index contributed by atoms with van der Waals surface area (Å²) in [4.78, 5) is 53.4. The average Bonchev–Trinajstić information content (AvgIpc) is 3.35. The van der Waals surface area contributed by atoms with Gasteiger partial charge in [0.15, 0.2) is 5.78 Å². The largest absolute Gasteiger partial charge is 0.485 e. The Morgan fingerprint density at radius 2 is 1.33 bits per heavy atom. The third-order valence-electron chi connectivity index (χ3n) is 8.85. The Labute approximate surface area is 270 Å². The highest BCUT2D eigenvalue weighted by molar-refractivity contribution is 6.02. The van der Waals surface area contributed by atoms with Crippen molar-refractivity contribution in [3.8, 4) is 5.75 Å². The van der Waals surface area contributed by atoms with Crippen LogP contribution in [0.2, 0.25) is 0 Å². The monoisotopic (exact) mass is 627 g/mol. The van der Waals surface area contributed by atoms with Gasteiger partial charge in [0.25, 0.3) is 0 Å². The standard InChI is InChI=1S/C37H45N3O6/c1-23(21-40-32(44)17-18-33(40)45)19-29(41)28(35(38)26-13-6-4-7-14-26)20-30(42)34(36(39)27-15-8-5-9-16-27)31(43)22-46-37-24(2)11-10-12-25(37)3/h4-16,23,28,30,34-36,42H,17-22,38-39H2,1-3H3/t23?,28-,30+,34+,35?,36?/m1/s1. The van der Waals surface area contributed by atoms with Crippen LogP contribution in [-0.2, 0) is 19.2 Å². The second kappa shape index (κ2) is 15.9. The minimum absolute atomic E-state index is 0.0357. The molecule has 0 spiro atoms. The van der Waals surface area contributed by atoms with E-state index in [-0.39, 0.29) is 62.4 Å². The number of carbonyl (C=O) groups is 4. The number of imide groups is 1. The molecule has 9 heteroatoms. The van der Waals surface area contributed by atoms with Crippen LogP contribution in [0, 0.1) is 31.6 Å². The second-order valence-electron chi connectivity index (χ2n) is 12.5. The molecule has 0 aliphatic carbocycles. The maximum Gasteiger partial charge on any atom is 0.229 e. The molecule has 2 amide bonds. The quantitative estimate of drug-likeness (QED) is 0.198. The van der Waals surface area contributed by atoms with Crippen LogP contribution < -0.4 is 16.2 Å². The maximum absolute atomic E-state index is 13.9. The molecule has 1 heterocycles. The van der Waals surface area contributed by atoms with Crippen molar-refractivity contribution in [1.29, 1.82) is 0 Å². The van der Waals surface area contributed by atoms with Gasteiger partial charge in [-0.2, -0.15) is 0 Å². The van der Waals surface area contributed by atoms with E-state index in [0.717, 1.165) is 11.1 Å². The van der Waals surface area contributed by atoms with Gasteiger partial charge >= 0.3 is 0 Å². The number of hydrogen-bond acceptors (Lipinski definition) is 8. The van der Waals surface area contributed by atoms with Gasteiger partial charge in [-0.05, 0) is 48.4 Å². The molecule has 4 rings (SSSR count). The van der Waals surface area contributed by atoms with E-state index >= 15 is 0 Å². The lowest BCUT2D eigenvalue weighted by Gasteiger charge is -2.32. The Hall–Kier alpha value is -4.18. The van der Waals surface area contributed by atoms with Crippen LogP contribution in [0.1, 0.15) is 66.9 Å². The van der Waals surface area contributed by atoms with Crippen molar-refractivity contribution < 1.29 is 29.0 Å². The van der Waals surface area contributed by atoms with Gasteiger partial charge in [0.05, 0.1) is 12.0 Å². The summed E-state index contributed by atoms with van der Waals surface area (Å²) in [6.07, 6.45) is -1.06. The number of benzene rings is 3. The maximum atomic E-state index is 13.9. The normalized spacial score (nSPS) is 17.2. The smallest absolute Gasteiger partial charge is 0.229 e. The van der Waals surface area contributed by atoms with Crippen molar-refractivity contribution in [3.63, 3.8) is 0 Å². The van der Waals surface area contributed by atoms with E-state index in [9.17, 15) is 24.3 Å². The van der Waals surface area contributed by atoms with E-state index in [4.69, 9.17) is 16.2 Å². The first-order valence-electron chi connectivity index (χ1n) is 15.8. The average molecular weight is 628 g/mol. The van der Waals surface area contributed by atoms with Crippen molar-refractivity contribution in [2.45, 2.75) is 64.6 Å². The predicted molar refractivity (Wildman–Crippen MR) is 176 cm³/mol. The predicted octanol–water partition coefficient (Wildman–Crippen LogP) is 4.38. The lowest BCUT2D eigenvalue weighted by molar-refractivity contribution is -0.139. The first-order valence-corrected chi connectivity index (χ1v) is 15.8. The summed E-state index contributed by atoms with van der Waals surface area (Å²) in [7, 11) is 0. The molecular formula is C37H45N3O6. The number of para-hydroxylation sites is 1. The SMILES string of the molecule is Cc1cccc(C)c1OCC(=O)[C@@H](C(N)c1ccccc1)[C@@H](O)C[C@H](C(=O)CC(C)CN1C(=O)CCC1=O)C(N)c1ccccc1. The van der Waals surface area contributed by atoms with Gasteiger partial charge in [-0.3, -0.25) is 24.1 Å². The van der Waals surface area contributed by atoms with E-state index in [1.807, 2.05) is 80.6 Å². The molecule has 244 valence electrons. The van der Waals surface area contributed by atoms with Gasteiger partial charge in [0.2, 0.25) is 11.8 Å². The third-order valence-corrected chi connectivity index (χ3v) is 8.85. The fourth-order valence-corrected chi connectivity index (χ4v) is 6.29. The van der Waals surface area contributed by atoms with Crippen LogP contribution in [-0.4, -0.2) is 52.6 Å². The summed E-state index contributed by atoms with van der Waals surface area (Å²) in [6, 6.07) is 22.2. The number of carbonyl (C=O) groups excluding carboxylic acids is 4. The van der Waals surface area contributed by atoms with Crippen molar-refractivity contribution in [3.05, 3.63) is 101 Å². The number of aryl methyl sites for hydroxylation is 2. The minimum atomic E-state index is -1.33. The summed E-state index contributed by atoms with van der Waals surface area (Å²) in [6.45, 7) is 5.42. The molecule has 1 aliphatic rings. The van der Waals surface area contributed by atoms with Crippen LogP contribution in [0.3, 0.4) is 0 Å². The Kier molecular flexibility index (Phi) is 12.0. The van der Waals surface area contributed by atoms with Crippen LogP contribution >= 0.6 is 0 Å². The molecule has 3 aromatic carbocycles. The molecule has 46 heavy (non-hydrogen) atoms. The van der Waals surface area contributed by atoms with Gasteiger partial charge in [-0.1, -0.05) is 85.8 Å². The summed E-state index contributed by atoms with van der Waals surface area (Å²) in [5.74, 6) is -2.80. The molecular weight excluding hydrogens is 582 g/mol. The Balaban J connectivity index is 1.59. The Bertz CT molecular complexity index is 1480. The van der Waals surface area contributed by atoms with Crippen LogP contribution in [0.4, 0.5) is 0 Å². The van der Waals surface area contributed by atoms with Gasteiger partial charge in [0.1, 0.15) is 18.1 Å².